The summed E-state index contributed by atoms with van der Waals surface area (Å²) >= 11 is 0. The lowest BCUT2D eigenvalue weighted by Gasteiger charge is -2.28. The number of benzene rings is 1. The van der Waals surface area contributed by atoms with Gasteiger partial charge in [0.25, 0.3) is 0 Å². The molecule has 2 unspecified atom stereocenters. The van der Waals surface area contributed by atoms with Crippen molar-refractivity contribution < 1.29 is 9.53 Å². The van der Waals surface area contributed by atoms with Crippen molar-refractivity contribution in [3.05, 3.63) is 29.3 Å². The first kappa shape index (κ1) is 9.06. The molecule has 0 saturated heterocycles. The number of esters is 1. The van der Waals surface area contributed by atoms with E-state index in [1.807, 2.05) is 19.9 Å². The van der Waals surface area contributed by atoms with Crippen LogP contribution in [0.1, 0.15) is 35.7 Å². The Hall–Kier alpha value is -1.51. The molecule has 0 aliphatic carbocycles. The van der Waals surface area contributed by atoms with Crippen molar-refractivity contribution in [2.45, 2.75) is 25.9 Å². The maximum atomic E-state index is 11.5. The Morgan fingerprint density at radius 3 is 2.79 bits per heavy atom. The van der Waals surface area contributed by atoms with Gasteiger partial charge in [0.1, 0.15) is 6.10 Å². The van der Waals surface area contributed by atoms with Gasteiger partial charge in [-0.05, 0) is 30.7 Å². The van der Waals surface area contributed by atoms with Gasteiger partial charge < -0.3 is 10.5 Å². The number of carbonyl (C=O) groups excluding carboxylic acids is 1. The van der Waals surface area contributed by atoms with E-state index in [0.717, 1.165) is 5.56 Å². The zero-order valence-corrected chi connectivity index (χ0v) is 8.28. The average molecular weight is 191 g/mol. The topological polar surface area (TPSA) is 52.3 Å². The molecule has 1 aromatic carbocycles. The summed E-state index contributed by atoms with van der Waals surface area (Å²) in [5.41, 5.74) is 8.01. The van der Waals surface area contributed by atoms with Crippen LogP contribution in [0.25, 0.3) is 0 Å². The van der Waals surface area contributed by atoms with Crippen molar-refractivity contribution in [2.75, 3.05) is 5.73 Å². The van der Waals surface area contributed by atoms with Crippen molar-refractivity contribution in [1.29, 1.82) is 0 Å². The lowest BCUT2D eigenvalue weighted by atomic mass is 9.89. The molecular formula is C11H13NO2. The van der Waals surface area contributed by atoms with E-state index in [9.17, 15) is 4.79 Å². The van der Waals surface area contributed by atoms with Crippen LogP contribution in [-0.2, 0) is 4.74 Å². The highest BCUT2D eigenvalue weighted by Gasteiger charge is 2.29. The first-order valence-corrected chi connectivity index (χ1v) is 4.70. The molecule has 0 amide bonds. The second-order valence-corrected chi connectivity index (χ2v) is 3.75. The summed E-state index contributed by atoms with van der Waals surface area (Å²) in [4.78, 5) is 11.5. The van der Waals surface area contributed by atoms with E-state index in [2.05, 4.69) is 0 Å². The summed E-state index contributed by atoms with van der Waals surface area (Å²) in [6.07, 6.45) is -0.0724. The van der Waals surface area contributed by atoms with Crippen LogP contribution < -0.4 is 5.73 Å². The molecule has 1 aliphatic rings. The first-order valence-electron chi connectivity index (χ1n) is 4.70. The summed E-state index contributed by atoms with van der Waals surface area (Å²) in [7, 11) is 0. The van der Waals surface area contributed by atoms with Gasteiger partial charge in [-0.3, -0.25) is 0 Å². The number of ether oxygens (including phenoxy) is 1. The molecule has 2 atom stereocenters. The molecule has 0 spiro atoms. The molecule has 0 bridgehead atoms. The molecule has 14 heavy (non-hydrogen) atoms. The normalized spacial score (nSPS) is 25.4. The summed E-state index contributed by atoms with van der Waals surface area (Å²) in [6, 6.07) is 5.31. The Bertz CT molecular complexity index is 387. The van der Waals surface area contributed by atoms with Gasteiger partial charge in [0.15, 0.2) is 0 Å². The van der Waals surface area contributed by atoms with Crippen LogP contribution in [0.15, 0.2) is 18.2 Å². The van der Waals surface area contributed by atoms with E-state index in [1.165, 1.54) is 0 Å². The van der Waals surface area contributed by atoms with Crippen LogP contribution in [0.2, 0.25) is 0 Å². The fourth-order valence-electron chi connectivity index (χ4n) is 1.73. The molecule has 0 aromatic heterocycles. The van der Waals surface area contributed by atoms with Gasteiger partial charge in [0.2, 0.25) is 0 Å². The Labute approximate surface area is 82.9 Å². The fraction of sp³-hybridized carbons (Fsp3) is 0.364. The molecule has 3 heteroatoms. The van der Waals surface area contributed by atoms with Crippen LogP contribution in [0, 0.1) is 0 Å². The Balaban J connectivity index is 2.56. The molecular weight excluding hydrogens is 178 g/mol. The Morgan fingerprint density at radius 2 is 2.07 bits per heavy atom. The van der Waals surface area contributed by atoms with Crippen LogP contribution in [0.5, 0.6) is 0 Å². The highest BCUT2D eigenvalue weighted by molar-refractivity contribution is 5.93. The van der Waals surface area contributed by atoms with Gasteiger partial charge in [-0.25, -0.2) is 4.79 Å². The Kier molecular flexibility index (Phi) is 1.95. The van der Waals surface area contributed by atoms with Crippen LogP contribution in [0.4, 0.5) is 5.69 Å². The maximum absolute atomic E-state index is 11.5. The number of hydrogen-bond acceptors (Lipinski definition) is 3. The quantitative estimate of drug-likeness (QED) is 0.503. The van der Waals surface area contributed by atoms with Crippen LogP contribution in [0.3, 0.4) is 0 Å². The number of nitrogens with two attached hydrogens (primary N) is 1. The van der Waals surface area contributed by atoms with Gasteiger partial charge in [0.05, 0.1) is 5.56 Å². The van der Waals surface area contributed by atoms with E-state index >= 15 is 0 Å². The van der Waals surface area contributed by atoms with Gasteiger partial charge in [0, 0.05) is 11.6 Å². The van der Waals surface area contributed by atoms with Crippen molar-refractivity contribution in [3.8, 4) is 0 Å². The van der Waals surface area contributed by atoms with Gasteiger partial charge >= 0.3 is 5.97 Å². The number of carbonyl (C=O) groups is 1. The maximum Gasteiger partial charge on any atom is 0.338 e. The van der Waals surface area contributed by atoms with Crippen LogP contribution in [-0.4, -0.2) is 12.1 Å². The summed E-state index contributed by atoms with van der Waals surface area (Å²) < 4.78 is 5.19. The number of cyclic esters (lactones) is 1. The predicted octanol–water partition coefficient (Wildman–Crippen LogP) is 1.93. The van der Waals surface area contributed by atoms with Gasteiger partial charge in [-0.15, -0.1) is 0 Å². The zero-order valence-electron chi connectivity index (χ0n) is 8.28. The standard InChI is InChI=1S/C11H13NO2/c1-6-7(2)14-11(13)9-4-3-8(12)5-10(6)9/h3-7H,12H2,1-2H3. The number of fused-ring (bicyclic) bond motifs is 1. The molecule has 74 valence electrons. The third-order valence-electron chi connectivity index (χ3n) is 2.78. The van der Waals surface area contributed by atoms with Crippen molar-refractivity contribution >= 4 is 11.7 Å². The smallest absolute Gasteiger partial charge is 0.338 e. The summed E-state index contributed by atoms with van der Waals surface area (Å²) in [5.74, 6) is -0.0307. The highest BCUT2D eigenvalue weighted by Crippen LogP contribution is 2.31. The Morgan fingerprint density at radius 1 is 1.36 bits per heavy atom. The minimum atomic E-state index is -0.245. The molecule has 0 saturated carbocycles. The lowest BCUT2D eigenvalue weighted by molar-refractivity contribution is 0.0241. The van der Waals surface area contributed by atoms with Crippen molar-refractivity contribution in [3.63, 3.8) is 0 Å². The van der Waals surface area contributed by atoms with E-state index in [4.69, 9.17) is 10.5 Å². The van der Waals surface area contributed by atoms with Gasteiger partial charge in [-0.2, -0.15) is 0 Å². The second kappa shape index (κ2) is 3.01. The van der Waals surface area contributed by atoms with Crippen molar-refractivity contribution in [1.82, 2.24) is 0 Å². The average Bonchev–Trinajstić information content (AvgIpc) is 2.14. The third-order valence-corrected chi connectivity index (χ3v) is 2.78. The van der Waals surface area contributed by atoms with Crippen molar-refractivity contribution in [2.24, 2.45) is 0 Å². The first-order chi connectivity index (χ1) is 6.59. The number of hydrogen-bond donors (Lipinski definition) is 1. The number of anilines is 1. The largest absolute Gasteiger partial charge is 0.458 e. The lowest BCUT2D eigenvalue weighted by Crippen LogP contribution is -2.28. The summed E-state index contributed by atoms with van der Waals surface area (Å²) in [5, 5.41) is 0. The highest BCUT2D eigenvalue weighted by atomic mass is 16.5. The van der Waals surface area contributed by atoms with E-state index in [-0.39, 0.29) is 18.0 Å². The molecule has 1 heterocycles. The molecule has 2 N–H and O–H groups in total. The second-order valence-electron chi connectivity index (χ2n) is 3.75. The minimum Gasteiger partial charge on any atom is -0.458 e. The molecule has 1 aromatic rings. The fourth-order valence-corrected chi connectivity index (χ4v) is 1.73. The van der Waals surface area contributed by atoms with Crippen LogP contribution >= 0.6 is 0 Å². The van der Waals surface area contributed by atoms with E-state index < -0.39 is 0 Å². The monoisotopic (exact) mass is 191 g/mol. The summed E-state index contributed by atoms with van der Waals surface area (Å²) in [6.45, 7) is 3.93. The van der Waals surface area contributed by atoms with Gasteiger partial charge in [-0.1, -0.05) is 6.92 Å². The SMILES string of the molecule is CC1OC(=O)c2ccc(N)cc2C1C. The van der Waals surface area contributed by atoms with E-state index in [1.54, 1.807) is 12.1 Å². The molecule has 0 radical (unpaired) electrons. The number of rotatable bonds is 0. The predicted molar refractivity (Wildman–Crippen MR) is 54.1 cm³/mol. The number of nitrogen functional groups attached to an aromatic ring is 1. The minimum absolute atomic E-state index is 0.0724. The molecule has 0 fully saturated rings. The zero-order chi connectivity index (χ0) is 10.3. The van der Waals surface area contributed by atoms with E-state index in [0.29, 0.717) is 11.3 Å². The molecule has 3 nitrogen and oxygen atoms in total. The third kappa shape index (κ3) is 1.25. The molecule has 2 rings (SSSR count). The molecule has 1 aliphatic heterocycles.